The molecule has 1 aliphatic heterocycles. The van der Waals surface area contributed by atoms with E-state index in [1.165, 1.54) is 0 Å². The van der Waals surface area contributed by atoms with Crippen LogP contribution in [0.2, 0.25) is 0 Å². The van der Waals surface area contributed by atoms with E-state index in [0.717, 1.165) is 144 Å². The average molecular weight is 1300 g/mol. The summed E-state index contributed by atoms with van der Waals surface area (Å²) >= 11 is 0. The van der Waals surface area contributed by atoms with Crippen LogP contribution in [-0.2, 0) is 67.9 Å². The number of benzene rings is 8. The van der Waals surface area contributed by atoms with Crippen molar-refractivity contribution < 1.29 is 47.6 Å². The van der Waals surface area contributed by atoms with E-state index >= 15 is 0 Å². The molecule has 1 aliphatic rings. The van der Waals surface area contributed by atoms with E-state index in [9.17, 15) is 19.2 Å². The van der Waals surface area contributed by atoms with Crippen molar-refractivity contribution in [3.63, 3.8) is 0 Å². The summed E-state index contributed by atoms with van der Waals surface area (Å²) in [5.74, 6) is 0.883. The van der Waals surface area contributed by atoms with Gasteiger partial charge in [-0.25, -0.2) is 0 Å². The fourth-order valence-electron chi connectivity index (χ4n) is 12.0. The third-order valence-electron chi connectivity index (χ3n) is 17.0. The molecule has 14 nitrogen and oxygen atoms in total. The van der Waals surface area contributed by atoms with Crippen LogP contribution in [0.4, 0.5) is 0 Å². The maximum atomic E-state index is 13.9. The maximum absolute atomic E-state index is 13.9. The number of unbranched alkanes of at least 4 members (excludes halogenated alkanes) is 8. The van der Waals surface area contributed by atoms with E-state index in [1.807, 2.05) is 72.8 Å². The molecule has 1 heterocycles. The lowest BCUT2D eigenvalue weighted by Crippen LogP contribution is -2.30. The minimum atomic E-state index is -0.260. The van der Waals surface area contributed by atoms with Crippen LogP contribution >= 0.6 is 0 Å². The summed E-state index contributed by atoms with van der Waals surface area (Å²) in [7, 11) is 0. The molecule has 14 heteroatoms. The highest BCUT2D eigenvalue weighted by molar-refractivity contribution is 5.80. The van der Waals surface area contributed by atoms with Crippen LogP contribution in [0.25, 0.3) is 44.5 Å². The Bertz CT molecular complexity index is 3280. The molecular formula is C82H96N4O10. The first kappa shape index (κ1) is 71.1. The molecule has 0 aliphatic carbocycles. The van der Waals surface area contributed by atoms with Gasteiger partial charge in [-0.1, -0.05) is 200 Å². The van der Waals surface area contributed by atoms with Crippen molar-refractivity contribution in [3.05, 3.63) is 214 Å². The molecule has 9 rings (SSSR count). The first-order valence-corrected chi connectivity index (χ1v) is 34.7. The molecule has 8 aromatic rings. The molecule has 504 valence electrons. The van der Waals surface area contributed by atoms with Gasteiger partial charge in [0.2, 0.25) is 0 Å². The Balaban J connectivity index is 1.27. The molecule has 0 radical (unpaired) electrons. The Morgan fingerprint density at radius 2 is 0.500 bits per heavy atom. The zero-order valence-electron chi connectivity index (χ0n) is 56.6. The summed E-state index contributed by atoms with van der Waals surface area (Å²) in [5.41, 5.74) is 13.1. The van der Waals surface area contributed by atoms with Crippen molar-refractivity contribution in [2.24, 2.45) is 0 Å². The summed E-state index contributed by atoms with van der Waals surface area (Å²) in [4.78, 5) is 55.5. The minimum Gasteiger partial charge on any atom is -0.483 e. The van der Waals surface area contributed by atoms with Crippen molar-refractivity contribution in [1.82, 2.24) is 21.3 Å². The highest BCUT2D eigenvalue weighted by Gasteiger charge is 2.25. The van der Waals surface area contributed by atoms with Crippen molar-refractivity contribution in [2.45, 2.75) is 144 Å². The number of nitrogens with one attached hydrogen (secondary N) is 4. The normalized spacial score (nSPS) is 12.2. The van der Waals surface area contributed by atoms with Crippen LogP contribution in [0, 0.1) is 0 Å². The van der Waals surface area contributed by atoms with Crippen LogP contribution < -0.4 is 40.2 Å². The fourth-order valence-corrected chi connectivity index (χ4v) is 12.0. The summed E-state index contributed by atoms with van der Waals surface area (Å²) < 4.78 is 41.5. The van der Waals surface area contributed by atoms with E-state index in [1.54, 1.807) is 0 Å². The highest BCUT2D eigenvalue weighted by atomic mass is 16.5. The molecule has 0 saturated heterocycles. The Kier molecular flexibility index (Phi) is 28.4. The topological polar surface area (TPSA) is 172 Å². The van der Waals surface area contributed by atoms with Crippen molar-refractivity contribution in [2.75, 3.05) is 52.6 Å². The Labute approximate surface area is 568 Å². The lowest BCUT2D eigenvalue weighted by atomic mass is 9.91. The Hall–Kier alpha value is -9.24. The summed E-state index contributed by atoms with van der Waals surface area (Å²) in [6.45, 7) is 9.66. The van der Waals surface area contributed by atoms with Gasteiger partial charge in [-0.2, -0.15) is 0 Å². The van der Waals surface area contributed by atoms with Crippen molar-refractivity contribution >= 4 is 23.6 Å². The van der Waals surface area contributed by atoms with E-state index in [4.69, 9.17) is 28.4 Å². The number of hydrogen-bond donors (Lipinski definition) is 4. The second-order valence-corrected chi connectivity index (χ2v) is 24.7. The Morgan fingerprint density at radius 3 is 0.708 bits per heavy atom. The van der Waals surface area contributed by atoms with E-state index in [0.29, 0.717) is 71.4 Å². The predicted molar refractivity (Wildman–Crippen MR) is 382 cm³/mol. The van der Waals surface area contributed by atoms with E-state index < -0.39 is 0 Å². The summed E-state index contributed by atoms with van der Waals surface area (Å²) in [5, 5.41) is 12.3. The van der Waals surface area contributed by atoms with Crippen LogP contribution in [0.5, 0.6) is 23.0 Å². The standard InChI is InChI=1S/C82H96N4O10/c1-5-9-25-37-83-75(87)55-93-79-67-41-63(59-29-17-13-18-30-59)45-71(79)51-91-52-72-47-65(61-33-21-15-22-34-61)43-69(81(72)95-57-77(89)85-39-27-11-7-3)50-70-44-66(62-35-23-16-24-36-62)48-74(82(70)96-58-78(90)86-40-28-12-8-4)54-92-53-73-46-64(60-31-19-14-20-32-60)42-68(49-67)80(73)94-56-76(88)84-38-26-10-6-2/h13-24,29-36,41-48H,5-12,25-28,37-40,49-58H2,1-4H3,(H,83,87)(H,84,88)(H,85,89)(H,86,90). The van der Waals surface area contributed by atoms with Crippen LogP contribution in [0.1, 0.15) is 149 Å². The SMILES string of the molecule is CCCCCNC(=O)COc1c2cc(-c3ccccc3)cc1Cc1cc(-c3ccccc3)cc(c1OCC(=O)NCCCCC)COCc1cc(-c3ccccc3)cc(c1OCC(=O)NCCCCC)Cc1cc(-c3ccccc3)cc(c1OCC(=O)NCCCCC)COC2. The van der Waals surface area contributed by atoms with Gasteiger partial charge in [0.15, 0.2) is 26.4 Å². The molecule has 0 unspecified atom stereocenters. The van der Waals surface area contributed by atoms with E-state index in [-0.39, 0.29) is 89.3 Å². The summed E-state index contributed by atoms with van der Waals surface area (Å²) in [6, 6.07) is 57.2. The number of fused-ring (bicyclic) bond motifs is 8. The molecule has 4 N–H and O–H groups in total. The van der Waals surface area contributed by atoms with Gasteiger partial charge in [-0.15, -0.1) is 0 Å². The van der Waals surface area contributed by atoms with Gasteiger partial charge < -0.3 is 49.7 Å². The smallest absolute Gasteiger partial charge is 0.257 e. The van der Waals surface area contributed by atoms with Gasteiger partial charge in [0.25, 0.3) is 23.6 Å². The summed E-state index contributed by atoms with van der Waals surface area (Å²) in [6.07, 6.45) is 11.8. The lowest BCUT2D eigenvalue weighted by molar-refractivity contribution is -0.123. The second-order valence-electron chi connectivity index (χ2n) is 24.7. The fraction of sp³-hybridized carbons (Fsp3) is 0.366. The van der Waals surface area contributed by atoms with E-state index in [2.05, 4.69) is 146 Å². The quantitative estimate of drug-likeness (QED) is 0.0297. The monoisotopic (exact) mass is 1300 g/mol. The largest absolute Gasteiger partial charge is 0.483 e. The number of rotatable bonds is 32. The van der Waals surface area contributed by atoms with Crippen molar-refractivity contribution in [3.8, 4) is 67.5 Å². The van der Waals surface area contributed by atoms with Gasteiger partial charge in [0, 0.05) is 61.3 Å². The number of hydrogen-bond acceptors (Lipinski definition) is 10. The second kappa shape index (κ2) is 38.3. The molecule has 0 fully saturated rings. The third kappa shape index (κ3) is 21.4. The van der Waals surface area contributed by atoms with Gasteiger partial charge in [0.1, 0.15) is 23.0 Å². The lowest BCUT2D eigenvalue weighted by Gasteiger charge is -2.23. The number of carbonyl (C=O) groups excluding carboxylic acids is 4. The number of amides is 4. The average Bonchev–Trinajstić information content (AvgIpc) is 0.797. The molecule has 0 atom stereocenters. The zero-order valence-corrected chi connectivity index (χ0v) is 56.6. The van der Waals surface area contributed by atoms with Crippen LogP contribution in [-0.4, -0.2) is 76.2 Å². The molecule has 96 heavy (non-hydrogen) atoms. The van der Waals surface area contributed by atoms with Gasteiger partial charge in [-0.05, 0) is 141 Å². The number of ether oxygens (including phenoxy) is 6. The molecule has 0 saturated carbocycles. The first-order chi connectivity index (χ1) is 47.1. The van der Waals surface area contributed by atoms with Crippen LogP contribution in [0.15, 0.2) is 170 Å². The van der Waals surface area contributed by atoms with Gasteiger partial charge >= 0.3 is 0 Å². The Morgan fingerprint density at radius 1 is 0.292 bits per heavy atom. The predicted octanol–water partition coefficient (Wildman–Crippen LogP) is 16.0. The van der Waals surface area contributed by atoms with Crippen LogP contribution in [0.3, 0.4) is 0 Å². The maximum Gasteiger partial charge on any atom is 0.257 e. The highest BCUT2D eigenvalue weighted by Crippen LogP contribution is 2.42. The molecule has 0 aromatic heterocycles. The zero-order chi connectivity index (χ0) is 67.1. The number of carbonyl (C=O) groups is 4. The molecule has 8 bridgehead atoms. The van der Waals surface area contributed by atoms with Gasteiger partial charge in [-0.3, -0.25) is 19.2 Å². The minimum absolute atomic E-state index is 0.0229. The first-order valence-electron chi connectivity index (χ1n) is 34.7. The molecular weight excluding hydrogens is 1200 g/mol. The molecule has 4 amide bonds. The third-order valence-corrected chi connectivity index (χ3v) is 17.0. The van der Waals surface area contributed by atoms with Gasteiger partial charge in [0.05, 0.1) is 26.4 Å². The molecule has 8 aromatic carbocycles. The molecule has 0 spiro atoms. The van der Waals surface area contributed by atoms with Crippen molar-refractivity contribution in [1.29, 1.82) is 0 Å².